The number of rotatable bonds is 4. The minimum Gasteiger partial charge on any atom is -0.266 e. The molecule has 0 spiro atoms. The van der Waals surface area contributed by atoms with E-state index in [9.17, 15) is 0 Å². The molecular weight excluding hydrogens is 274 g/mol. The van der Waals surface area contributed by atoms with Crippen molar-refractivity contribution in [3.8, 4) is 0 Å². The summed E-state index contributed by atoms with van der Waals surface area (Å²) < 4.78 is 2.89. The maximum Gasteiger partial charge on any atom is 0.0928 e. The average molecular weight is 286 g/mol. The Morgan fingerprint density at radius 3 is 3.07 bits per heavy atom. The minimum absolute atomic E-state index is 0.756. The number of halogens is 1. The van der Waals surface area contributed by atoms with Gasteiger partial charge in [0.05, 0.1) is 27.9 Å². The largest absolute Gasteiger partial charge is 0.266 e. The Bertz CT molecular complexity index is 435. The lowest BCUT2D eigenvalue weighted by Gasteiger charge is -1.96. The van der Waals surface area contributed by atoms with Crippen molar-refractivity contribution in [3.05, 3.63) is 32.9 Å². The highest BCUT2D eigenvalue weighted by molar-refractivity contribution is 9.10. The number of aromatic nitrogens is 3. The number of hydrogen-bond acceptors (Lipinski definition) is 3. The Morgan fingerprint density at radius 1 is 1.53 bits per heavy atom. The third-order valence-electron chi connectivity index (χ3n) is 1.99. The van der Waals surface area contributed by atoms with Crippen LogP contribution in [-0.2, 0) is 13.0 Å². The lowest BCUT2D eigenvalue weighted by molar-refractivity contribution is 0.673. The molecule has 0 saturated heterocycles. The van der Waals surface area contributed by atoms with E-state index in [0.29, 0.717) is 0 Å². The Hall–Kier alpha value is -0.680. The maximum absolute atomic E-state index is 4.55. The van der Waals surface area contributed by atoms with Gasteiger partial charge in [-0.15, -0.1) is 11.3 Å². The van der Waals surface area contributed by atoms with Crippen molar-refractivity contribution < 1.29 is 0 Å². The zero-order valence-electron chi connectivity index (χ0n) is 8.48. The molecular formula is C10H12BrN3S. The standard InChI is InChI=1S/C10H12BrN3S/c1-2-3-10-13-9(7-15-10)6-14-5-8(11)4-12-14/h4-5,7H,2-3,6H2,1H3. The van der Waals surface area contributed by atoms with E-state index in [4.69, 9.17) is 0 Å². The third kappa shape index (κ3) is 2.89. The SMILES string of the molecule is CCCc1nc(Cn2cc(Br)cn2)cs1. The van der Waals surface area contributed by atoms with Crippen molar-refractivity contribution in [1.29, 1.82) is 0 Å². The van der Waals surface area contributed by atoms with E-state index in [1.165, 1.54) is 5.01 Å². The van der Waals surface area contributed by atoms with E-state index in [1.54, 1.807) is 17.5 Å². The summed E-state index contributed by atoms with van der Waals surface area (Å²) in [5.41, 5.74) is 1.10. The molecule has 0 amide bonds. The molecule has 0 aliphatic heterocycles. The molecule has 0 fully saturated rings. The van der Waals surface area contributed by atoms with Crippen molar-refractivity contribution in [1.82, 2.24) is 14.8 Å². The molecule has 0 N–H and O–H groups in total. The van der Waals surface area contributed by atoms with Crippen LogP contribution in [-0.4, -0.2) is 14.8 Å². The van der Waals surface area contributed by atoms with Gasteiger partial charge in [0.1, 0.15) is 0 Å². The Morgan fingerprint density at radius 2 is 2.40 bits per heavy atom. The van der Waals surface area contributed by atoms with E-state index in [1.807, 2.05) is 10.9 Å². The van der Waals surface area contributed by atoms with Crippen LogP contribution in [0.5, 0.6) is 0 Å². The smallest absolute Gasteiger partial charge is 0.0928 e. The van der Waals surface area contributed by atoms with E-state index < -0.39 is 0 Å². The topological polar surface area (TPSA) is 30.7 Å². The fraction of sp³-hybridized carbons (Fsp3) is 0.400. The maximum atomic E-state index is 4.55. The Kier molecular flexibility index (Phi) is 3.53. The third-order valence-corrected chi connectivity index (χ3v) is 3.36. The minimum atomic E-state index is 0.756. The van der Waals surface area contributed by atoms with Crippen LogP contribution in [0.15, 0.2) is 22.2 Å². The van der Waals surface area contributed by atoms with Gasteiger partial charge in [0, 0.05) is 11.6 Å². The zero-order chi connectivity index (χ0) is 10.7. The zero-order valence-corrected chi connectivity index (χ0v) is 10.9. The first-order valence-corrected chi connectivity index (χ1v) is 6.56. The first-order chi connectivity index (χ1) is 7.28. The van der Waals surface area contributed by atoms with Crippen LogP contribution in [0.1, 0.15) is 24.0 Å². The summed E-state index contributed by atoms with van der Waals surface area (Å²) in [6.07, 6.45) is 5.98. The molecule has 2 heterocycles. The van der Waals surface area contributed by atoms with Crippen molar-refractivity contribution in [2.45, 2.75) is 26.3 Å². The van der Waals surface area contributed by atoms with Gasteiger partial charge in [-0.1, -0.05) is 6.92 Å². The van der Waals surface area contributed by atoms with Gasteiger partial charge in [-0.2, -0.15) is 5.10 Å². The van der Waals surface area contributed by atoms with Crippen LogP contribution in [0.3, 0.4) is 0 Å². The van der Waals surface area contributed by atoms with Gasteiger partial charge in [0.25, 0.3) is 0 Å². The van der Waals surface area contributed by atoms with E-state index >= 15 is 0 Å². The molecule has 0 aliphatic carbocycles. The summed E-state index contributed by atoms with van der Waals surface area (Å²) in [5, 5.41) is 7.53. The van der Waals surface area contributed by atoms with Crippen LogP contribution in [0, 0.1) is 0 Å². The van der Waals surface area contributed by atoms with Crippen LogP contribution < -0.4 is 0 Å². The van der Waals surface area contributed by atoms with Crippen LogP contribution in [0.25, 0.3) is 0 Å². The highest BCUT2D eigenvalue weighted by atomic mass is 79.9. The molecule has 15 heavy (non-hydrogen) atoms. The van der Waals surface area contributed by atoms with Gasteiger partial charge < -0.3 is 0 Å². The second-order valence-electron chi connectivity index (χ2n) is 3.34. The lowest BCUT2D eigenvalue weighted by atomic mass is 10.3. The second-order valence-corrected chi connectivity index (χ2v) is 5.20. The van der Waals surface area contributed by atoms with Crippen molar-refractivity contribution in [2.24, 2.45) is 0 Å². The second kappa shape index (κ2) is 4.90. The molecule has 0 aliphatic rings. The molecule has 80 valence electrons. The molecule has 0 aromatic carbocycles. The highest BCUT2D eigenvalue weighted by Gasteiger charge is 2.02. The predicted molar refractivity (Wildman–Crippen MR) is 65.1 cm³/mol. The van der Waals surface area contributed by atoms with Gasteiger partial charge in [-0.05, 0) is 28.8 Å². The highest BCUT2D eigenvalue weighted by Crippen LogP contribution is 2.13. The average Bonchev–Trinajstić information content (AvgIpc) is 2.78. The summed E-state index contributed by atoms with van der Waals surface area (Å²) in [7, 11) is 0. The summed E-state index contributed by atoms with van der Waals surface area (Å²) >= 11 is 5.11. The van der Waals surface area contributed by atoms with E-state index in [2.05, 4.69) is 38.3 Å². The predicted octanol–water partition coefficient (Wildman–Crippen LogP) is 3.10. The van der Waals surface area contributed by atoms with Crippen molar-refractivity contribution in [2.75, 3.05) is 0 Å². The molecule has 5 heteroatoms. The van der Waals surface area contributed by atoms with Gasteiger partial charge in [0.2, 0.25) is 0 Å². The van der Waals surface area contributed by atoms with Gasteiger partial charge in [0.15, 0.2) is 0 Å². The van der Waals surface area contributed by atoms with E-state index in [-0.39, 0.29) is 0 Å². The monoisotopic (exact) mass is 285 g/mol. The van der Waals surface area contributed by atoms with Crippen molar-refractivity contribution in [3.63, 3.8) is 0 Å². The molecule has 3 nitrogen and oxygen atoms in total. The van der Waals surface area contributed by atoms with E-state index in [0.717, 1.165) is 29.6 Å². The molecule has 0 saturated carbocycles. The van der Waals surface area contributed by atoms with Gasteiger partial charge in [-0.25, -0.2) is 4.98 Å². The number of thiazole rings is 1. The van der Waals surface area contributed by atoms with Crippen LogP contribution in [0.4, 0.5) is 0 Å². The number of aryl methyl sites for hydroxylation is 1. The van der Waals surface area contributed by atoms with Crippen LogP contribution >= 0.6 is 27.3 Å². The molecule has 0 radical (unpaired) electrons. The lowest BCUT2D eigenvalue weighted by Crippen LogP contribution is -2.00. The summed E-state index contributed by atoms with van der Waals surface area (Å²) in [4.78, 5) is 4.55. The summed E-state index contributed by atoms with van der Waals surface area (Å²) in [6.45, 7) is 2.93. The molecule has 0 bridgehead atoms. The van der Waals surface area contributed by atoms with Gasteiger partial charge in [-0.3, -0.25) is 4.68 Å². The summed E-state index contributed by atoms with van der Waals surface area (Å²) in [5.74, 6) is 0. The normalized spacial score (nSPS) is 10.8. The number of hydrogen-bond donors (Lipinski definition) is 0. The molecule has 2 aromatic heterocycles. The molecule has 0 unspecified atom stereocenters. The van der Waals surface area contributed by atoms with Crippen LogP contribution in [0.2, 0.25) is 0 Å². The number of nitrogens with zero attached hydrogens (tertiary/aromatic N) is 3. The quantitative estimate of drug-likeness (QED) is 0.864. The molecule has 0 atom stereocenters. The Labute approximate surface area is 101 Å². The first-order valence-electron chi connectivity index (χ1n) is 4.89. The fourth-order valence-electron chi connectivity index (χ4n) is 1.34. The fourth-order valence-corrected chi connectivity index (χ4v) is 2.56. The summed E-state index contributed by atoms with van der Waals surface area (Å²) in [6, 6.07) is 0. The van der Waals surface area contributed by atoms with Gasteiger partial charge >= 0.3 is 0 Å². The Balaban J connectivity index is 2.04. The molecule has 2 aromatic rings. The molecule has 2 rings (SSSR count). The van der Waals surface area contributed by atoms with Crippen molar-refractivity contribution >= 4 is 27.3 Å². The first kappa shape index (κ1) is 10.8.